The van der Waals surface area contributed by atoms with Crippen molar-refractivity contribution in [3.63, 3.8) is 0 Å². The number of hydrogen-bond donors (Lipinski definition) is 2. The average Bonchev–Trinajstić information content (AvgIpc) is 3.74. The lowest BCUT2D eigenvalue weighted by Gasteiger charge is -2.10. The number of benzene rings is 2. The zero-order chi connectivity index (χ0) is 32.8. The van der Waals surface area contributed by atoms with E-state index in [4.69, 9.17) is 4.74 Å². The van der Waals surface area contributed by atoms with Gasteiger partial charge in [-0.15, -0.1) is 9.24 Å². The van der Waals surface area contributed by atoms with E-state index < -0.39 is 23.1 Å². The number of ether oxygens (including phenoxy) is 1. The largest absolute Gasteiger partial charge is 0.453 e. The lowest BCUT2D eigenvalue weighted by molar-refractivity contribution is -0.117. The molecule has 3 aromatic heterocycles. The van der Waals surface area contributed by atoms with E-state index in [1.807, 2.05) is 27.7 Å². The molecule has 1 unspecified atom stereocenters. The highest BCUT2D eigenvalue weighted by molar-refractivity contribution is 7.27. The number of hydrogen-bond acceptors (Lipinski definition) is 5. The number of amides is 2. The fourth-order valence-electron chi connectivity index (χ4n) is 4.36. The summed E-state index contributed by atoms with van der Waals surface area (Å²) in [6, 6.07) is 11.1. The maximum absolute atomic E-state index is 14.9. The Morgan fingerprint density at radius 2 is 1.69 bits per heavy atom. The van der Waals surface area contributed by atoms with Crippen LogP contribution in [0.15, 0.2) is 71.9 Å². The van der Waals surface area contributed by atoms with Crippen LogP contribution in [0.4, 0.5) is 20.3 Å². The molecule has 13 heteroatoms. The number of halogens is 2. The molecule has 1 atom stereocenters. The smallest absolute Gasteiger partial charge is 0.284 e. The first kappa shape index (κ1) is 33.1. The van der Waals surface area contributed by atoms with Crippen molar-refractivity contribution >= 4 is 43.5 Å². The van der Waals surface area contributed by atoms with Crippen molar-refractivity contribution in [2.75, 3.05) is 10.6 Å². The number of carbonyl (C=O) groups excluding carboxylic acids is 2. The molecule has 0 aliphatic heterocycles. The second kappa shape index (κ2) is 14.3. The summed E-state index contributed by atoms with van der Waals surface area (Å²) in [4.78, 5) is 42.3. The van der Waals surface area contributed by atoms with E-state index in [0.717, 1.165) is 18.9 Å². The molecule has 1 saturated carbocycles. The lowest BCUT2D eigenvalue weighted by atomic mass is 10.2. The first-order chi connectivity index (χ1) is 21.7. The molecule has 2 N–H and O–H groups in total. The molecule has 236 valence electrons. The Morgan fingerprint density at radius 3 is 2.36 bits per heavy atom. The van der Waals surface area contributed by atoms with Crippen LogP contribution in [-0.2, 0) is 11.8 Å². The first-order valence-electron chi connectivity index (χ1n) is 14.6. The predicted molar refractivity (Wildman–Crippen MR) is 174 cm³/mol. The molecule has 1 fully saturated rings. The Bertz CT molecular complexity index is 1910. The van der Waals surface area contributed by atoms with Crippen LogP contribution in [0, 0.1) is 17.6 Å². The number of carbonyl (C=O) groups is 2. The highest BCUT2D eigenvalue weighted by Crippen LogP contribution is 2.31. The molecule has 0 saturated heterocycles. The van der Waals surface area contributed by atoms with Gasteiger partial charge in [0.05, 0.1) is 18.1 Å². The minimum absolute atomic E-state index is 0.0470. The number of pyridine rings is 1. The van der Waals surface area contributed by atoms with Gasteiger partial charge in [-0.25, -0.2) is 18.4 Å². The van der Waals surface area contributed by atoms with Crippen molar-refractivity contribution in [2.24, 2.45) is 13.0 Å². The molecule has 5 aromatic rings. The molecule has 10 nitrogen and oxygen atoms in total. The third-order valence-electron chi connectivity index (χ3n) is 6.56. The summed E-state index contributed by atoms with van der Waals surface area (Å²) < 4.78 is 38.5. The van der Waals surface area contributed by atoms with Gasteiger partial charge in [-0.1, -0.05) is 27.7 Å². The van der Waals surface area contributed by atoms with Crippen LogP contribution in [0.2, 0.25) is 0 Å². The quantitative estimate of drug-likeness (QED) is 0.212. The maximum Gasteiger partial charge on any atom is 0.284 e. The molecular weight excluding hydrogens is 601 g/mol. The van der Waals surface area contributed by atoms with E-state index in [1.54, 1.807) is 36.0 Å². The van der Waals surface area contributed by atoms with Crippen molar-refractivity contribution in [1.82, 2.24) is 18.7 Å². The molecule has 2 aromatic carbocycles. The van der Waals surface area contributed by atoms with Crippen LogP contribution in [0.1, 0.15) is 50.9 Å². The second-order valence-electron chi connectivity index (χ2n) is 9.66. The van der Waals surface area contributed by atoms with Gasteiger partial charge in [0.25, 0.3) is 11.5 Å². The van der Waals surface area contributed by atoms with Crippen molar-refractivity contribution in [3.8, 4) is 17.2 Å². The van der Waals surface area contributed by atoms with E-state index in [1.165, 1.54) is 45.9 Å². The number of aromatic nitrogens is 4. The molecular formula is C32H35F2N6O4P. The Hall–Kier alpha value is -4.83. The first-order valence-corrected chi connectivity index (χ1v) is 15.2. The fraction of sp³-hybridized carbons (Fsp3) is 0.250. The van der Waals surface area contributed by atoms with Gasteiger partial charge in [0.1, 0.15) is 22.8 Å². The molecule has 0 bridgehead atoms. The summed E-state index contributed by atoms with van der Waals surface area (Å²) in [5.74, 6) is -1.29. The molecule has 45 heavy (non-hydrogen) atoms. The summed E-state index contributed by atoms with van der Waals surface area (Å²) in [7, 11) is 3.93. The van der Waals surface area contributed by atoms with Crippen LogP contribution in [0.3, 0.4) is 0 Å². The number of nitrogens with zero attached hydrogens (tertiary/aromatic N) is 4. The number of nitrogens with one attached hydrogen (secondary N) is 2. The van der Waals surface area contributed by atoms with Gasteiger partial charge in [-0.3, -0.25) is 19.1 Å². The number of aryl methyl sites for hydroxylation is 1. The number of anilines is 2. The predicted octanol–water partition coefficient (Wildman–Crippen LogP) is 6.05. The van der Waals surface area contributed by atoms with Crippen molar-refractivity contribution < 1.29 is 23.1 Å². The second-order valence-corrected chi connectivity index (χ2v) is 10.3. The van der Waals surface area contributed by atoms with Crippen molar-refractivity contribution in [3.05, 3.63) is 94.7 Å². The monoisotopic (exact) mass is 636 g/mol. The molecule has 2 amide bonds. The van der Waals surface area contributed by atoms with E-state index in [-0.39, 0.29) is 28.8 Å². The van der Waals surface area contributed by atoms with Gasteiger partial charge in [0.15, 0.2) is 17.4 Å². The minimum atomic E-state index is -0.740. The normalized spacial score (nSPS) is 12.0. The van der Waals surface area contributed by atoms with Crippen LogP contribution in [0.5, 0.6) is 11.5 Å². The van der Waals surface area contributed by atoms with Gasteiger partial charge < -0.3 is 19.8 Å². The van der Waals surface area contributed by atoms with Crippen LogP contribution in [-0.4, -0.2) is 30.6 Å². The maximum atomic E-state index is 14.9. The summed E-state index contributed by atoms with van der Waals surface area (Å²) in [5, 5.41) is 5.75. The zero-order valence-corrected chi connectivity index (χ0v) is 26.8. The minimum Gasteiger partial charge on any atom is -0.453 e. The SMILES string of the molecule is CC.CC.Cn1cc(C(=O)Nc2ccc(Oc3ccc4nc(NC(=O)C5CC5)cn4c3)c(F)c2)c(=O)n1-c1ccc(F)cc1P. The van der Waals surface area contributed by atoms with Crippen LogP contribution in [0.25, 0.3) is 11.3 Å². The molecule has 1 aliphatic rings. The van der Waals surface area contributed by atoms with E-state index in [9.17, 15) is 23.2 Å². The molecule has 1 aliphatic carbocycles. The zero-order valence-electron chi connectivity index (χ0n) is 25.6. The molecule has 0 spiro atoms. The standard InChI is InChI=1S/C28H23F2N6O4P.2C2H6/c1-34-13-19(28(39)36(34)21-7-4-16(29)10-23(21)41)27(38)31-17-5-8-22(20(30)11-17)40-18-6-9-25-32-24(14-35(25)12-18)33-26(37)15-2-3-15;2*1-2/h4-15H,2-3,41H2,1H3,(H,31,38)(H,33,37);2*1-2H3. The van der Waals surface area contributed by atoms with E-state index in [2.05, 4.69) is 24.9 Å². The highest BCUT2D eigenvalue weighted by atomic mass is 31.0. The molecule has 6 rings (SSSR count). The van der Waals surface area contributed by atoms with Gasteiger partial charge in [0, 0.05) is 30.9 Å². The summed E-state index contributed by atoms with van der Waals surface area (Å²) >= 11 is 0. The summed E-state index contributed by atoms with van der Waals surface area (Å²) in [6.45, 7) is 8.00. The van der Waals surface area contributed by atoms with E-state index >= 15 is 0 Å². The van der Waals surface area contributed by atoms with Crippen LogP contribution >= 0.6 is 9.24 Å². The average molecular weight is 637 g/mol. The van der Waals surface area contributed by atoms with Gasteiger partial charge >= 0.3 is 0 Å². The van der Waals surface area contributed by atoms with Crippen molar-refractivity contribution in [1.29, 1.82) is 0 Å². The van der Waals surface area contributed by atoms with Crippen LogP contribution < -0.4 is 26.2 Å². The Balaban J connectivity index is 0.00000111. The Morgan fingerprint density at radius 1 is 0.956 bits per heavy atom. The third-order valence-corrected chi connectivity index (χ3v) is 7.02. The van der Waals surface area contributed by atoms with Gasteiger partial charge in [0.2, 0.25) is 5.91 Å². The number of imidazole rings is 1. The van der Waals surface area contributed by atoms with Gasteiger partial charge in [-0.2, -0.15) is 0 Å². The fourth-order valence-corrected chi connectivity index (χ4v) is 4.74. The molecule has 0 radical (unpaired) electrons. The topological polar surface area (TPSA) is 112 Å². The number of fused-ring (bicyclic) bond motifs is 1. The Labute approximate surface area is 261 Å². The van der Waals surface area contributed by atoms with Crippen molar-refractivity contribution in [2.45, 2.75) is 40.5 Å². The summed E-state index contributed by atoms with van der Waals surface area (Å²) in [6.07, 6.45) is 6.35. The Kier molecular flexibility index (Phi) is 10.5. The summed E-state index contributed by atoms with van der Waals surface area (Å²) in [5.41, 5.74) is 0.289. The number of rotatable bonds is 7. The van der Waals surface area contributed by atoms with E-state index in [0.29, 0.717) is 28.2 Å². The third kappa shape index (κ3) is 7.46. The van der Waals surface area contributed by atoms with Gasteiger partial charge in [-0.05, 0) is 60.6 Å². The lowest BCUT2D eigenvalue weighted by Crippen LogP contribution is -2.27. The molecule has 3 heterocycles. The highest BCUT2D eigenvalue weighted by Gasteiger charge is 2.30.